The number of rotatable bonds is 12. The Labute approximate surface area is 228 Å². The predicted octanol–water partition coefficient (Wildman–Crippen LogP) is 4.55. The molecule has 0 spiro atoms. The maximum Gasteiger partial charge on any atom is 0.295 e. The molecule has 210 valence electrons. The maximum atomic E-state index is 13.6. The van der Waals surface area contributed by atoms with Crippen LogP contribution < -0.4 is 9.47 Å². The fraction of sp³-hybridized carbons (Fsp3) is 0.467. The Bertz CT molecular complexity index is 1180. The number of aliphatic hydroxyl groups is 1. The first-order valence-corrected chi connectivity index (χ1v) is 13.7. The van der Waals surface area contributed by atoms with Gasteiger partial charge in [0.15, 0.2) is 11.5 Å². The molecule has 1 atom stereocenters. The van der Waals surface area contributed by atoms with Crippen LogP contribution in [0.25, 0.3) is 5.76 Å². The van der Waals surface area contributed by atoms with Gasteiger partial charge in [0.2, 0.25) is 0 Å². The number of hydrogen-bond acceptors (Lipinski definition) is 7. The van der Waals surface area contributed by atoms with Crippen LogP contribution in [-0.2, 0) is 14.3 Å². The van der Waals surface area contributed by atoms with E-state index in [0.717, 1.165) is 32.4 Å². The topological polar surface area (TPSA) is 88.5 Å². The first kappa shape index (κ1) is 28.6. The Kier molecular flexibility index (Phi) is 9.95. The largest absolute Gasteiger partial charge is 0.507 e. The Hall–Kier alpha value is -3.43. The molecule has 4 rings (SSSR count). The number of carbonyl (C=O) groups excluding carboxylic acids is 2. The molecule has 0 aromatic heterocycles. The molecule has 1 amide bonds. The number of benzene rings is 2. The number of ketones is 1. The number of ether oxygens (including phenoxy) is 3. The van der Waals surface area contributed by atoms with Gasteiger partial charge in [-0.3, -0.25) is 14.5 Å². The molecule has 1 unspecified atom stereocenters. The number of likely N-dealkylation sites (tertiary alicyclic amines) is 1. The van der Waals surface area contributed by atoms with Gasteiger partial charge in [0.05, 0.1) is 38.0 Å². The van der Waals surface area contributed by atoms with Crippen LogP contribution in [0.4, 0.5) is 4.39 Å². The van der Waals surface area contributed by atoms with E-state index in [4.69, 9.17) is 14.2 Å². The van der Waals surface area contributed by atoms with Crippen molar-refractivity contribution in [3.05, 3.63) is 65.0 Å². The summed E-state index contributed by atoms with van der Waals surface area (Å²) >= 11 is 0. The molecule has 2 fully saturated rings. The van der Waals surface area contributed by atoms with Crippen molar-refractivity contribution in [3.63, 3.8) is 0 Å². The summed E-state index contributed by atoms with van der Waals surface area (Å²) in [5.74, 6) is -1.18. The smallest absolute Gasteiger partial charge is 0.295 e. The van der Waals surface area contributed by atoms with Gasteiger partial charge in [0, 0.05) is 31.7 Å². The minimum Gasteiger partial charge on any atom is -0.507 e. The normalized spacial score (nSPS) is 19.5. The molecular weight excluding hydrogens is 503 g/mol. The molecule has 1 N–H and O–H groups in total. The Morgan fingerprint density at radius 3 is 2.44 bits per heavy atom. The highest BCUT2D eigenvalue weighted by molar-refractivity contribution is 6.46. The molecule has 0 aliphatic carbocycles. The monoisotopic (exact) mass is 540 g/mol. The lowest BCUT2D eigenvalue weighted by Crippen LogP contribution is -2.42. The highest BCUT2D eigenvalue weighted by Gasteiger charge is 2.46. The number of Topliss-reactive ketones (excluding diaryl/α,β-unsaturated/α-hetero) is 1. The number of halogens is 1. The summed E-state index contributed by atoms with van der Waals surface area (Å²) in [7, 11) is 0. The molecule has 0 radical (unpaired) electrons. The summed E-state index contributed by atoms with van der Waals surface area (Å²) in [5.41, 5.74) is 0.838. The summed E-state index contributed by atoms with van der Waals surface area (Å²) in [6, 6.07) is 9.70. The standard InChI is InChI=1S/C30H37FN2O6/c1-3-5-6-17-39-24-12-9-22(20-25(24)38-4-2)27-26(28(34)21-7-10-23(31)11-8-21)29(35)30(36)33(27)14-13-32-15-18-37-19-16-32/h7-12,20,27,34H,3-6,13-19H2,1-2H3. The SMILES string of the molecule is CCCCCOc1ccc(C2C(=C(O)c3ccc(F)cc3)C(=O)C(=O)N2CCN2CCOCC2)cc1OCC. The van der Waals surface area contributed by atoms with Gasteiger partial charge < -0.3 is 24.2 Å². The van der Waals surface area contributed by atoms with E-state index in [1.165, 1.54) is 29.2 Å². The molecule has 39 heavy (non-hydrogen) atoms. The van der Waals surface area contributed by atoms with Gasteiger partial charge in [-0.05, 0) is 55.3 Å². The van der Waals surface area contributed by atoms with Crippen LogP contribution in [0.3, 0.4) is 0 Å². The van der Waals surface area contributed by atoms with Crippen molar-refractivity contribution in [1.82, 2.24) is 9.80 Å². The van der Waals surface area contributed by atoms with Crippen LogP contribution in [0.5, 0.6) is 11.5 Å². The third-order valence-corrected chi connectivity index (χ3v) is 7.01. The number of aliphatic hydroxyl groups excluding tert-OH is 1. The summed E-state index contributed by atoms with van der Waals surface area (Å²) in [4.78, 5) is 30.3. The second-order valence-corrected chi connectivity index (χ2v) is 9.65. The Morgan fingerprint density at radius 2 is 1.74 bits per heavy atom. The molecular formula is C30H37FN2O6. The second kappa shape index (κ2) is 13.6. The summed E-state index contributed by atoms with van der Waals surface area (Å²) in [6.07, 6.45) is 3.06. The van der Waals surface area contributed by atoms with Gasteiger partial charge in [-0.1, -0.05) is 25.8 Å². The lowest BCUT2D eigenvalue weighted by molar-refractivity contribution is -0.140. The summed E-state index contributed by atoms with van der Waals surface area (Å²) < 4.78 is 30.8. The summed E-state index contributed by atoms with van der Waals surface area (Å²) in [6.45, 7) is 8.50. The zero-order valence-electron chi connectivity index (χ0n) is 22.7. The van der Waals surface area contributed by atoms with Crippen molar-refractivity contribution in [3.8, 4) is 11.5 Å². The van der Waals surface area contributed by atoms with Crippen molar-refractivity contribution >= 4 is 17.4 Å². The third-order valence-electron chi connectivity index (χ3n) is 7.01. The molecule has 9 heteroatoms. The van der Waals surface area contributed by atoms with Crippen LogP contribution in [0.1, 0.15) is 50.3 Å². The van der Waals surface area contributed by atoms with Crippen molar-refractivity contribution < 1.29 is 33.3 Å². The van der Waals surface area contributed by atoms with E-state index in [9.17, 15) is 19.1 Å². The van der Waals surface area contributed by atoms with Crippen molar-refractivity contribution in [2.24, 2.45) is 0 Å². The molecule has 2 saturated heterocycles. The van der Waals surface area contributed by atoms with E-state index in [2.05, 4.69) is 11.8 Å². The molecule has 2 heterocycles. The average Bonchev–Trinajstić information content (AvgIpc) is 3.20. The number of morpholine rings is 1. The minimum absolute atomic E-state index is 0.0346. The van der Waals surface area contributed by atoms with Crippen molar-refractivity contribution in [2.75, 3.05) is 52.6 Å². The molecule has 2 aromatic carbocycles. The van der Waals surface area contributed by atoms with E-state index in [1.54, 1.807) is 18.2 Å². The van der Waals surface area contributed by atoms with Crippen molar-refractivity contribution in [2.45, 2.75) is 39.2 Å². The second-order valence-electron chi connectivity index (χ2n) is 9.65. The minimum atomic E-state index is -0.843. The van der Waals surface area contributed by atoms with Crippen LogP contribution in [0.2, 0.25) is 0 Å². The van der Waals surface area contributed by atoms with Gasteiger partial charge in [-0.2, -0.15) is 0 Å². The van der Waals surface area contributed by atoms with Gasteiger partial charge in [-0.15, -0.1) is 0 Å². The fourth-order valence-electron chi connectivity index (χ4n) is 4.91. The van der Waals surface area contributed by atoms with Crippen LogP contribution in [0, 0.1) is 5.82 Å². The Balaban J connectivity index is 1.72. The van der Waals surface area contributed by atoms with E-state index in [1.807, 2.05) is 6.92 Å². The highest BCUT2D eigenvalue weighted by Crippen LogP contribution is 2.42. The van der Waals surface area contributed by atoms with Crippen LogP contribution >= 0.6 is 0 Å². The maximum absolute atomic E-state index is 13.6. The number of unbranched alkanes of at least 4 members (excludes halogenated alkanes) is 2. The van der Waals surface area contributed by atoms with Crippen LogP contribution in [0.15, 0.2) is 48.0 Å². The first-order valence-electron chi connectivity index (χ1n) is 13.7. The number of amides is 1. The predicted molar refractivity (Wildman–Crippen MR) is 145 cm³/mol. The van der Waals surface area contributed by atoms with E-state index in [-0.39, 0.29) is 23.4 Å². The molecule has 0 bridgehead atoms. The lowest BCUT2D eigenvalue weighted by Gasteiger charge is -2.31. The van der Waals surface area contributed by atoms with Crippen LogP contribution in [-0.4, -0.2) is 79.2 Å². The number of carbonyl (C=O) groups is 2. The van der Waals surface area contributed by atoms with Gasteiger partial charge in [-0.25, -0.2) is 4.39 Å². The van der Waals surface area contributed by atoms with Gasteiger partial charge in [0.1, 0.15) is 11.6 Å². The zero-order valence-corrected chi connectivity index (χ0v) is 22.7. The molecule has 0 saturated carbocycles. The highest BCUT2D eigenvalue weighted by atomic mass is 19.1. The third kappa shape index (κ3) is 6.78. The van der Waals surface area contributed by atoms with Gasteiger partial charge in [0.25, 0.3) is 11.7 Å². The fourth-order valence-corrected chi connectivity index (χ4v) is 4.91. The molecule has 2 aliphatic heterocycles. The zero-order chi connectivity index (χ0) is 27.8. The summed E-state index contributed by atoms with van der Waals surface area (Å²) in [5, 5.41) is 11.2. The molecule has 2 aliphatic rings. The average molecular weight is 541 g/mol. The molecule has 2 aromatic rings. The van der Waals surface area contributed by atoms with E-state index in [0.29, 0.717) is 50.0 Å². The van der Waals surface area contributed by atoms with E-state index < -0.39 is 23.5 Å². The quantitative estimate of drug-likeness (QED) is 0.183. The molecule has 8 nitrogen and oxygen atoms in total. The Morgan fingerprint density at radius 1 is 1.00 bits per heavy atom. The van der Waals surface area contributed by atoms with Gasteiger partial charge >= 0.3 is 0 Å². The number of nitrogens with zero attached hydrogens (tertiary/aromatic N) is 2. The lowest BCUT2D eigenvalue weighted by atomic mass is 9.95. The van der Waals surface area contributed by atoms with E-state index >= 15 is 0 Å². The first-order chi connectivity index (χ1) is 18.9. The number of hydrogen-bond donors (Lipinski definition) is 1. The van der Waals surface area contributed by atoms with Crippen molar-refractivity contribution in [1.29, 1.82) is 0 Å².